The molecule has 0 saturated carbocycles. The van der Waals surface area contributed by atoms with Crippen LogP contribution in [-0.4, -0.2) is 36.6 Å². The average Bonchev–Trinajstić information content (AvgIpc) is 2.44. The van der Waals surface area contributed by atoms with Crippen LogP contribution in [0.2, 0.25) is 0 Å². The third-order valence-electron chi connectivity index (χ3n) is 3.12. The van der Waals surface area contributed by atoms with Crippen LogP contribution >= 0.6 is 0 Å². The first-order chi connectivity index (χ1) is 10.2. The van der Waals surface area contributed by atoms with E-state index >= 15 is 0 Å². The van der Waals surface area contributed by atoms with E-state index in [9.17, 15) is 9.59 Å². The summed E-state index contributed by atoms with van der Waals surface area (Å²) in [7, 11) is 1.70. The number of benzene rings is 1. The van der Waals surface area contributed by atoms with Gasteiger partial charge < -0.3 is 15.4 Å². The Morgan fingerprint density at radius 1 is 1.18 bits per heavy atom. The summed E-state index contributed by atoms with van der Waals surface area (Å²) in [5, 5.41) is 5.62. The molecule has 0 heterocycles. The molecule has 0 radical (unpaired) electrons. The van der Waals surface area contributed by atoms with E-state index in [-0.39, 0.29) is 11.9 Å². The Morgan fingerprint density at radius 2 is 1.77 bits per heavy atom. The molecular formula is C17H26N2O3. The van der Waals surface area contributed by atoms with Crippen LogP contribution in [0.15, 0.2) is 30.3 Å². The summed E-state index contributed by atoms with van der Waals surface area (Å²) in [5.41, 5.74) is 0.376. The molecule has 0 spiro atoms. The van der Waals surface area contributed by atoms with Crippen LogP contribution in [0.5, 0.6) is 0 Å². The van der Waals surface area contributed by atoms with Gasteiger partial charge in [-0.1, -0.05) is 30.3 Å². The zero-order valence-electron chi connectivity index (χ0n) is 14.0. The zero-order valence-corrected chi connectivity index (χ0v) is 14.0. The molecule has 5 heteroatoms. The summed E-state index contributed by atoms with van der Waals surface area (Å²) in [6, 6.07) is 8.48. The number of amides is 1. The molecule has 0 aromatic heterocycles. The third-order valence-corrected chi connectivity index (χ3v) is 3.12. The Morgan fingerprint density at radius 3 is 2.27 bits per heavy atom. The largest absolute Gasteiger partial charge is 0.458 e. The van der Waals surface area contributed by atoms with Gasteiger partial charge in [0.2, 0.25) is 5.91 Å². The second-order valence-corrected chi connectivity index (χ2v) is 6.29. The van der Waals surface area contributed by atoms with E-state index < -0.39 is 17.6 Å². The van der Waals surface area contributed by atoms with E-state index in [1.807, 2.05) is 51.1 Å². The van der Waals surface area contributed by atoms with E-state index in [1.54, 1.807) is 14.0 Å². The van der Waals surface area contributed by atoms with Gasteiger partial charge in [-0.15, -0.1) is 0 Å². The normalized spacial score (nSPS) is 14.0. The Balaban J connectivity index is 2.85. The number of esters is 1. The molecule has 0 fully saturated rings. The van der Waals surface area contributed by atoms with Gasteiger partial charge in [-0.2, -0.15) is 0 Å². The van der Waals surface area contributed by atoms with Gasteiger partial charge in [-0.25, -0.2) is 4.79 Å². The van der Waals surface area contributed by atoms with Crippen LogP contribution in [0.4, 0.5) is 0 Å². The Kier molecular flexibility index (Phi) is 6.56. The predicted molar refractivity (Wildman–Crippen MR) is 86.4 cm³/mol. The molecule has 2 N–H and O–H groups in total. The lowest BCUT2D eigenvalue weighted by Gasteiger charge is -2.25. The summed E-state index contributed by atoms with van der Waals surface area (Å²) in [6.45, 7) is 7.16. The summed E-state index contributed by atoms with van der Waals surface area (Å²) in [6.07, 6.45) is 0.401. The number of likely N-dealkylation sites (N-methyl/N-ethyl adjacent to an activating group) is 1. The number of carbonyl (C=O) groups is 2. The number of ether oxygens (including phenoxy) is 1. The topological polar surface area (TPSA) is 67.4 Å². The highest BCUT2D eigenvalue weighted by Gasteiger charge is 2.28. The van der Waals surface area contributed by atoms with Crippen LogP contribution in [0, 0.1) is 0 Å². The molecule has 0 unspecified atom stereocenters. The lowest BCUT2D eigenvalue weighted by Crippen LogP contribution is -2.50. The SMILES string of the molecule is CN[C@H](C)C(=O)N[C@H](Cc1ccccc1)C(=O)OC(C)(C)C. The van der Waals surface area contributed by atoms with Crippen molar-refractivity contribution in [3.63, 3.8) is 0 Å². The fraction of sp³-hybridized carbons (Fsp3) is 0.529. The van der Waals surface area contributed by atoms with Crippen molar-refractivity contribution in [1.29, 1.82) is 0 Å². The third kappa shape index (κ3) is 6.26. The van der Waals surface area contributed by atoms with Gasteiger partial charge in [0.25, 0.3) is 0 Å². The molecule has 0 bridgehead atoms. The van der Waals surface area contributed by atoms with Crippen molar-refractivity contribution >= 4 is 11.9 Å². The van der Waals surface area contributed by atoms with E-state index in [2.05, 4.69) is 10.6 Å². The van der Waals surface area contributed by atoms with Crippen molar-refractivity contribution in [2.75, 3.05) is 7.05 Å². The fourth-order valence-corrected chi connectivity index (χ4v) is 1.84. The Hall–Kier alpha value is -1.88. The van der Waals surface area contributed by atoms with Gasteiger partial charge in [-0.3, -0.25) is 4.79 Å². The minimum Gasteiger partial charge on any atom is -0.458 e. The van der Waals surface area contributed by atoms with Crippen LogP contribution in [0.25, 0.3) is 0 Å². The molecule has 0 aliphatic carbocycles. The Bertz CT molecular complexity index is 494. The first-order valence-corrected chi connectivity index (χ1v) is 7.47. The second kappa shape index (κ2) is 7.94. The highest BCUT2D eigenvalue weighted by Crippen LogP contribution is 2.11. The average molecular weight is 306 g/mol. The van der Waals surface area contributed by atoms with Gasteiger partial charge in [0.05, 0.1) is 6.04 Å². The smallest absolute Gasteiger partial charge is 0.329 e. The summed E-state index contributed by atoms with van der Waals surface area (Å²) in [4.78, 5) is 24.4. The van der Waals surface area contributed by atoms with Gasteiger partial charge in [-0.05, 0) is 40.3 Å². The number of rotatable bonds is 6. The second-order valence-electron chi connectivity index (χ2n) is 6.29. The van der Waals surface area contributed by atoms with Gasteiger partial charge >= 0.3 is 5.97 Å². The molecular weight excluding hydrogens is 280 g/mol. The summed E-state index contributed by atoms with van der Waals surface area (Å²) >= 11 is 0. The molecule has 0 aliphatic heterocycles. The molecule has 0 saturated heterocycles. The quantitative estimate of drug-likeness (QED) is 0.785. The van der Waals surface area contributed by atoms with Crippen molar-refractivity contribution in [1.82, 2.24) is 10.6 Å². The molecule has 22 heavy (non-hydrogen) atoms. The lowest BCUT2D eigenvalue weighted by atomic mass is 10.1. The minimum absolute atomic E-state index is 0.228. The lowest BCUT2D eigenvalue weighted by molar-refractivity contribution is -0.158. The number of hydrogen-bond acceptors (Lipinski definition) is 4. The highest BCUT2D eigenvalue weighted by molar-refractivity contribution is 5.87. The van der Waals surface area contributed by atoms with Crippen LogP contribution < -0.4 is 10.6 Å². The van der Waals surface area contributed by atoms with Crippen molar-refractivity contribution in [3.05, 3.63) is 35.9 Å². The van der Waals surface area contributed by atoms with E-state index in [4.69, 9.17) is 4.74 Å². The van der Waals surface area contributed by atoms with Crippen molar-refractivity contribution in [2.24, 2.45) is 0 Å². The molecule has 1 aromatic carbocycles. The molecule has 1 aromatic rings. The van der Waals surface area contributed by atoms with Crippen molar-refractivity contribution < 1.29 is 14.3 Å². The van der Waals surface area contributed by atoms with Crippen LogP contribution in [0.1, 0.15) is 33.3 Å². The molecule has 122 valence electrons. The standard InChI is InChI=1S/C17H26N2O3/c1-12(18-5)15(20)19-14(16(21)22-17(2,3)4)11-13-9-7-6-8-10-13/h6-10,12,14,18H,11H2,1-5H3,(H,19,20)/t12-,14-/m1/s1. The molecule has 2 atom stereocenters. The maximum atomic E-state index is 12.4. The summed E-state index contributed by atoms with van der Waals surface area (Å²) < 4.78 is 5.41. The summed E-state index contributed by atoms with van der Waals surface area (Å²) in [5.74, 6) is -0.651. The van der Waals surface area contributed by atoms with E-state index in [1.165, 1.54) is 0 Å². The van der Waals surface area contributed by atoms with E-state index in [0.717, 1.165) is 5.56 Å². The highest BCUT2D eigenvalue weighted by atomic mass is 16.6. The van der Waals surface area contributed by atoms with Crippen molar-refractivity contribution in [3.8, 4) is 0 Å². The Labute approximate surface area is 132 Å². The van der Waals surface area contributed by atoms with E-state index in [0.29, 0.717) is 6.42 Å². The number of carbonyl (C=O) groups excluding carboxylic acids is 2. The van der Waals surface area contributed by atoms with Crippen molar-refractivity contribution in [2.45, 2.75) is 51.8 Å². The first-order valence-electron chi connectivity index (χ1n) is 7.47. The van der Waals surface area contributed by atoms with Crippen LogP contribution in [0.3, 0.4) is 0 Å². The maximum Gasteiger partial charge on any atom is 0.329 e. The number of nitrogens with one attached hydrogen (secondary N) is 2. The molecule has 1 rings (SSSR count). The molecule has 0 aliphatic rings. The molecule has 5 nitrogen and oxygen atoms in total. The van der Waals surface area contributed by atoms with Crippen LogP contribution in [-0.2, 0) is 20.7 Å². The van der Waals surface area contributed by atoms with Gasteiger partial charge in [0.1, 0.15) is 11.6 Å². The zero-order chi connectivity index (χ0) is 16.8. The molecule has 1 amide bonds. The monoisotopic (exact) mass is 306 g/mol. The minimum atomic E-state index is -0.704. The maximum absolute atomic E-state index is 12.4. The van der Waals surface area contributed by atoms with Gasteiger partial charge in [0, 0.05) is 6.42 Å². The van der Waals surface area contributed by atoms with Gasteiger partial charge in [0.15, 0.2) is 0 Å². The number of hydrogen-bond donors (Lipinski definition) is 2. The fourth-order valence-electron chi connectivity index (χ4n) is 1.84. The first kappa shape index (κ1) is 18.2. The predicted octanol–water partition coefficient (Wildman–Crippen LogP) is 1.66.